The molecule has 1 saturated carbocycles. The molecule has 0 unspecified atom stereocenters. The minimum Gasteiger partial charge on any atom is -0.0738 e. The third-order valence-corrected chi connectivity index (χ3v) is 5.70. The van der Waals surface area contributed by atoms with Crippen LogP contribution in [0.2, 0.25) is 0 Å². The summed E-state index contributed by atoms with van der Waals surface area (Å²) in [6.45, 7) is 4.89. The van der Waals surface area contributed by atoms with E-state index < -0.39 is 0 Å². The first-order valence-electron chi connectivity index (χ1n) is 8.41. The summed E-state index contributed by atoms with van der Waals surface area (Å²) >= 11 is 0. The summed E-state index contributed by atoms with van der Waals surface area (Å²) in [6, 6.07) is 0. The van der Waals surface area contributed by atoms with Gasteiger partial charge in [-0.3, -0.25) is 0 Å². The highest BCUT2D eigenvalue weighted by Crippen LogP contribution is 2.48. The Morgan fingerprint density at radius 1 is 0.611 bits per heavy atom. The van der Waals surface area contributed by atoms with Crippen LogP contribution in [-0.2, 0) is 0 Å². The monoisotopic (exact) mass is 248 g/mol. The van der Waals surface area contributed by atoms with Crippen LogP contribution in [0.1, 0.15) is 97.3 Å². The van der Waals surface area contributed by atoms with Crippen LogP contribution >= 0.6 is 0 Å². The Balaban J connectivity index is 2.16. The lowest BCUT2D eigenvalue weighted by molar-refractivity contribution is 0.212. The maximum Gasteiger partial charge on any atom is -0.00883 e. The van der Waals surface area contributed by atoms with Crippen molar-refractivity contribution >= 4 is 0 Å². The standard InChI is InChI=1S/C18H32/c1-16-12-8-5-3-4-6-9-13-18(17(16)2)14-10-7-11-15-18/h3-15H2,1-2H3/b17-16-. The molecule has 0 aromatic rings. The Kier molecular flexibility index (Phi) is 5.33. The van der Waals surface area contributed by atoms with Crippen LogP contribution in [0, 0.1) is 5.41 Å². The summed E-state index contributed by atoms with van der Waals surface area (Å²) in [5.74, 6) is 0. The molecule has 0 aromatic heterocycles. The average molecular weight is 248 g/mol. The van der Waals surface area contributed by atoms with Gasteiger partial charge in [-0.15, -0.1) is 0 Å². The van der Waals surface area contributed by atoms with Crippen molar-refractivity contribution in [2.75, 3.05) is 0 Å². The first kappa shape index (κ1) is 14.2. The summed E-state index contributed by atoms with van der Waals surface area (Å²) in [7, 11) is 0. The average Bonchev–Trinajstić information content (AvgIpc) is 2.43. The molecule has 2 aliphatic carbocycles. The van der Waals surface area contributed by atoms with E-state index in [4.69, 9.17) is 0 Å². The highest BCUT2D eigenvalue weighted by Gasteiger charge is 2.33. The molecule has 0 heterocycles. The van der Waals surface area contributed by atoms with Gasteiger partial charge in [-0.05, 0) is 51.4 Å². The normalized spacial score (nSPS) is 31.0. The number of rotatable bonds is 0. The van der Waals surface area contributed by atoms with E-state index in [0.29, 0.717) is 5.41 Å². The van der Waals surface area contributed by atoms with Gasteiger partial charge in [0.25, 0.3) is 0 Å². The summed E-state index contributed by atoms with van der Waals surface area (Å²) < 4.78 is 0. The van der Waals surface area contributed by atoms with E-state index in [-0.39, 0.29) is 0 Å². The predicted molar refractivity (Wildman–Crippen MR) is 80.8 cm³/mol. The third kappa shape index (κ3) is 3.39. The van der Waals surface area contributed by atoms with E-state index in [1.807, 2.05) is 0 Å². The van der Waals surface area contributed by atoms with Gasteiger partial charge in [0.15, 0.2) is 0 Å². The van der Waals surface area contributed by atoms with Gasteiger partial charge >= 0.3 is 0 Å². The highest BCUT2D eigenvalue weighted by molar-refractivity contribution is 5.20. The van der Waals surface area contributed by atoms with Gasteiger partial charge in [-0.1, -0.05) is 62.5 Å². The zero-order chi connectivity index (χ0) is 12.8. The number of hydrogen-bond donors (Lipinski definition) is 0. The summed E-state index contributed by atoms with van der Waals surface area (Å²) in [5, 5.41) is 0. The molecule has 0 nitrogen and oxygen atoms in total. The van der Waals surface area contributed by atoms with Crippen LogP contribution in [0.15, 0.2) is 11.1 Å². The molecule has 0 aromatic carbocycles. The van der Waals surface area contributed by atoms with Crippen LogP contribution in [0.4, 0.5) is 0 Å². The molecule has 2 aliphatic rings. The van der Waals surface area contributed by atoms with Crippen molar-refractivity contribution in [2.45, 2.75) is 97.3 Å². The Hall–Kier alpha value is -0.260. The van der Waals surface area contributed by atoms with E-state index in [0.717, 1.165) is 0 Å². The van der Waals surface area contributed by atoms with Crippen molar-refractivity contribution in [3.63, 3.8) is 0 Å². The molecule has 1 fully saturated rings. The second kappa shape index (κ2) is 6.78. The summed E-state index contributed by atoms with van der Waals surface area (Å²) in [5.41, 5.74) is 4.15. The topological polar surface area (TPSA) is 0 Å². The van der Waals surface area contributed by atoms with Gasteiger partial charge in [-0.25, -0.2) is 0 Å². The Bertz CT molecular complexity index is 278. The van der Waals surface area contributed by atoms with Crippen LogP contribution in [0.5, 0.6) is 0 Å². The lowest BCUT2D eigenvalue weighted by Crippen LogP contribution is -2.26. The first-order valence-corrected chi connectivity index (χ1v) is 8.41. The van der Waals surface area contributed by atoms with Gasteiger partial charge in [0.1, 0.15) is 0 Å². The maximum absolute atomic E-state index is 2.47. The third-order valence-electron chi connectivity index (χ3n) is 5.70. The molecule has 0 N–H and O–H groups in total. The molecule has 0 aliphatic heterocycles. The largest absolute Gasteiger partial charge is 0.0738 e. The minimum absolute atomic E-state index is 0.618. The molecule has 0 saturated heterocycles. The Morgan fingerprint density at radius 2 is 1.06 bits per heavy atom. The van der Waals surface area contributed by atoms with Gasteiger partial charge in [0, 0.05) is 0 Å². The molecule has 2 rings (SSSR count). The van der Waals surface area contributed by atoms with Gasteiger partial charge < -0.3 is 0 Å². The van der Waals surface area contributed by atoms with Crippen molar-refractivity contribution in [1.82, 2.24) is 0 Å². The van der Waals surface area contributed by atoms with Crippen molar-refractivity contribution in [3.8, 4) is 0 Å². The van der Waals surface area contributed by atoms with Crippen molar-refractivity contribution < 1.29 is 0 Å². The fraction of sp³-hybridized carbons (Fsp3) is 0.889. The van der Waals surface area contributed by atoms with Crippen LogP contribution in [0.3, 0.4) is 0 Å². The molecule has 104 valence electrons. The fourth-order valence-corrected chi connectivity index (χ4v) is 4.24. The zero-order valence-corrected chi connectivity index (χ0v) is 12.7. The molecule has 0 radical (unpaired) electrons. The molecular formula is C18H32. The van der Waals surface area contributed by atoms with Crippen LogP contribution in [-0.4, -0.2) is 0 Å². The van der Waals surface area contributed by atoms with Crippen LogP contribution < -0.4 is 0 Å². The lowest BCUT2D eigenvalue weighted by atomic mass is 9.65. The summed E-state index contributed by atoms with van der Waals surface area (Å²) in [6.07, 6.45) is 19.0. The Morgan fingerprint density at radius 3 is 1.67 bits per heavy atom. The van der Waals surface area contributed by atoms with E-state index in [2.05, 4.69) is 13.8 Å². The fourth-order valence-electron chi connectivity index (χ4n) is 4.24. The van der Waals surface area contributed by atoms with Crippen molar-refractivity contribution in [2.24, 2.45) is 5.41 Å². The van der Waals surface area contributed by atoms with Gasteiger partial charge in [0.05, 0.1) is 0 Å². The van der Waals surface area contributed by atoms with Gasteiger partial charge in [-0.2, -0.15) is 0 Å². The van der Waals surface area contributed by atoms with E-state index in [1.165, 1.54) is 83.5 Å². The first-order chi connectivity index (χ1) is 8.75. The van der Waals surface area contributed by atoms with E-state index in [9.17, 15) is 0 Å². The molecule has 0 amide bonds. The second-order valence-corrected chi connectivity index (χ2v) is 6.87. The Labute approximate surface area is 114 Å². The van der Waals surface area contributed by atoms with Crippen molar-refractivity contribution in [1.29, 1.82) is 0 Å². The molecule has 1 spiro atoms. The molecule has 0 bridgehead atoms. The van der Waals surface area contributed by atoms with Gasteiger partial charge in [0.2, 0.25) is 0 Å². The quantitative estimate of drug-likeness (QED) is 0.435. The van der Waals surface area contributed by atoms with Crippen LogP contribution in [0.25, 0.3) is 0 Å². The van der Waals surface area contributed by atoms with Crippen molar-refractivity contribution in [3.05, 3.63) is 11.1 Å². The van der Waals surface area contributed by atoms with E-state index in [1.54, 1.807) is 11.1 Å². The highest BCUT2D eigenvalue weighted by atomic mass is 14.4. The second-order valence-electron chi connectivity index (χ2n) is 6.87. The maximum atomic E-state index is 2.47. The zero-order valence-electron chi connectivity index (χ0n) is 12.7. The number of allylic oxidation sites excluding steroid dienone is 2. The molecule has 18 heavy (non-hydrogen) atoms. The molecule has 0 heteroatoms. The number of hydrogen-bond acceptors (Lipinski definition) is 0. The predicted octanol–water partition coefficient (Wildman–Crippen LogP) is 6.41. The van der Waals surface area contributed by atoms with E-state index >= 15 is 0 Å². The molecule has 0 atom stereocenters. The minimum atomic E-state index is 0.618. The smallest absolute Gasteiger partial charge is 0.00883 e. The SMILES string of the molecule is C/C1=C(\C)C2(CCCCCCCC1)CCCCC2. The summed E-state index contributed by atoms with van der Waals surface area (Å²) in [4.78, 5) is 0. The molecular weight excluding hydrogens is 216 g/mol. The lowest BCUT2D eigenvalue weighted by Gasteiger charge is -2.40.